The monoisotopic (exact) mass is 345 g/mol. The smallest absolute Gasteiger partial charge is 0.416 e. The van der Waals surface area contributed by atoms with Crippen molar-refractivity contribution in [2.75, 3.05) is 5.32 Å². The summed E-state index contributed by atoms with van der Waals surface area (Å²) in [5, 5.41) is 3.35. The van der Waals surface area contributed by atoms with Gasteiger partial charge in [-0.05, 0) is 55.9 Å². The number of carbonyl (C=O) groups is 1. The van der Waals surface area contributed by atoms with E-state index in [0.29, 0.717) is 18.9 Å². The highest BCUT2D eigenvalue weighted by Crippen LogP contribution is 2.37. The van der Waals surface area contributed by atoms with Crippen molar-refractivity contribution in [1.29, 1.82) is 0 Å². The van der Waals surface area contributed by atoms with E-state index in [0.717, 1.165) is 23.7 Å². The van der Waals surface area contributed by atoms with Gasteiger partial charge in [-0.3, -0.25) is 4.79 Å². The van der Waals surface area contributed by atoms with Crippen molar-refractivity contribution in [3.63, 3.8) is 0 Å². The van der Waals surface area contributed by atoms with Crippen LogP contribution in [0.25, 0.3) is 0 Å². The van der Waals surface area contributed by atoms with Gasteiger partial charge in [0.25, 0.3) is 6.47 Å². The molecule has 0 bridgehead atoms. The molecule has 0 saturated carbocycles. The Morgan fingerprint density at radius 2 is 1.88 bits per heavy atom. The molecule has 0 aliphatic carbocycles. The van der Waals surface area contributed by atoms with Gasteiger partial charge in [-0.15, -0.1) is 0 Å². The minimum absolute atomic E-state index is 0.0301. The van der Waals surface area contributed by atoms with Gasteiger partial charge in [0.1, 0.15) is 0 Å². The SMILES string of the molecule is CC(C)(C)C1CCc2cc(C(F)(F)F)ccc2N1.CC(C)OC=O. The standard InChI is InChI=1S/C14H18F3N.C4H8O2/c1-13(2,3)12-7-4-9-8-10(14(15,16)17)5-6-11(9)18-12;1-4(2)6-3-5/h5-6,8,12,18H,4,7H2,1-3H3;3-4H,1-2H3. The van der Waals surface area contributed by atoms with Crippen LogP contribution in [0.3, 0.4) is 0 Å². The molecule has 0 aromatic heterocycles. The first-order chi connectivity index (χ1) is 10.9. The lowest BCUT2D eigenvalue weighted by Crippen LogP contribution is -2.37. The maximum atomic E-state index is 12.6. The first-order valence-electron chi connectivity index (χ1n) is 8.01. The lowest BCUT2D eigenvalue weighted by Gasteiger charge is -2.36. The number of hydrogen-bond acceptors (Lipinski definition) is 3. The van der Waals surface area contributed by atoms with Crippen LogP contribution in [0.4, 0.5) is 18.9 Å². The molecule has 0 fully saturated rings. The third-order valence-electron chi connectivity index (χ3n) is 3.84. The van der Waals surface area contributed by atoms with Gasteiger partial charge >= 0.3 is 6.18 Å². The Kier molecular flexibility index (Phi) is 6.69. The Bertz CT molecular complexity index is 548. The molecule has 6 heteroatoms. The lowest BCUT2D eigenvalue weighted by atomic mass is 9.80. The number of alkyl halides is 3. The third kappa shape index (κ3) is 6.06. The Hall–Kier alpha value is -1.72. The number of halogens is 3. The van der Waals surface area contributed by atoms with Crippen molar-refractivity contribution in [2.24, 2.45) is 5.41 Å². The zero-order valence-electron chi connectivity index (χ0n) is 14.8. The average Bonchev–Trinajstić information content (AvgIpc) is 2.44. The predicted octanol–water partition coefficient (Wildman–Crippen LogP) is 5.05. The normalized spacial score (nSPS) is 17.3. The summed E-state index contributed by atoms with van der Waals surface area (Å²) in [6.07, 6.45) is -2.65. The molecule has 2 rings (SSSR count). The summed E-state index contributed by atoms with van der Waals surface area (Å²) in [6, 6.07) is 4.27. The summed E-state index contributed by atoms with van der Waals surface area (Å²) >= 11 is 0. The molecule has 0 radical (unpaired) electrons. The number of fused-ring (bicyclic) bond motifs is 1. The molecule has 0 spiro atoms. The number of carbonyl (C=O) groups excluding carboxylic acids is 1. The molecule has 1 N–H and O–H groups in total. The minimum atomic E-state index is -4.25. The van der Waals surface area contributed by atoms with E-state index in [1.54, 1.807) is 19.9 Å². The molecule has 136 valence electrons. The molecular weight excluding hydrogens is 319 g/mol. The van der Waals surface area contributed by atoms with Crippen LogP contribution in [0.2, 0.25) is 0 Å². The van der Waals surface area contributed by atoms with Crippen LogP contribution < -0.4 is 5.32 Å². The number of ether oxygens (including phenoxy) is 1. The highest BCUT2D eigenvalue weighted by molar-refractivity contribution is 5.56. The van der Waals surface area contributed by atoms with Gasteiger partial charge in [-0.25, -0.2) is 0 Å². The van der Waals surface area contributed by atoms with E-state index in [9.17, 15) is 18.0 Å². The molecule has 0 amide bonds. The van der Waals surface area contributed by atoms with Crippen LogP contribution in [-0.2, 0) is 22.1 Å². The van der Waals surface area contributed by atoms with Crippen LogP contribution in [0.15, 0.2) is 18.2 Å². The highest BCUT2D eigenvalue weighted by Gasteiger charge is 2.33. The van der Waals surface area contributed by atoms with Gasteiger partial charge in [0.05, 0.1) is 11.7 Å². The van der Waals surface area contributed by atoms with E-state index < -0.39 is 11.7 Å². The van der Waals surface area contributed by atoms with E-state index >= 15 is 0 Å². The Morgan fingerprint density at radius 3 is 2.29 bits per heavy atom. The first kappa shape index (κ1) is 20.3. The second kappa shape index (κ2) is 7.90. The van der Waals surface area contributed by atoms with Gasteiger partial charge in [-0.1, -0.05) is 20.8 Å². The molecule has 1 aromatic carbocycles. The van der Waals surface area contributed by atoms with Gasteiger partial charge in [0.15, 0.2) is 0 Å². The lowest BCUT2D eigenvalue weighted by molar-refractivity contribution is -0.137. The van der Waals surface area contributed by atoms with Crippen LogP contribution in [-0.4, -0.2) is 18.6 Å². The van der Waals surface area contributed by atoms with Crippen molar-refractivity contribution < 1.29 is 22.7 Å². The summed E-state index contributed by atoms with van der Waals surface area (Å²) in [6.45, 7) is 10.5. The summed E-state index contributed by atoms with van der Waals surface area (Å²) < 4.78 is 42.2. The zero-order valence-corrected chi connectivity index (χ0v) is 14.8. The quantitative estimate of drug-likeness (QED) is 0.763. The Labute approximate surface area is 141 Å². The molecule has 1 unspecified atom stereocenters. The summed E-state index contributed by atoms with van der Waals surface area (Å²) in [7, 11) is 0. The van der Waals surface area contributed by atoms with E-state index in [2.05, 4.69) is 30.8 Å². The fraction of sp³-hybridized carbons (Fsp3) is 0.611. The van der Waals surface area contributed by atoms with E-state index in [1.807, 2.05) is 0 Å². The number of rotatable bonds is 2. The number of aryl methyl sites for hydroxylation is 1. The molecule has 1 aliphatic rings. The van der Waals surface area contributed by atoms with Gasteiger partial charge in [-0.2, -0.15) is 13.2 Å². The van der Waals surface area contributed by atoms with E-state index in [1.165, 1.54) is 6.07 Å². The topological polar surface area (TPSA) is 38.3 Å². The van der Waals surface area contributed by atoms with Crippen molar-refractivity contribution in [1.82, 2.24) is 0 Å². The third-order valence-corrected chi connectivity index (χ3v) is 3.84. The maximum absolute atomic E-state index is 12.6. The number of hydrogen-bond donors (Lipinski definition) is 1. The number of nitrogens with one attached hydrogen (secondary N) is 1. The summed E-state index contributed by atoms with van der Waals surface area (Å²) in [5.74, 6) is 0. The first-order valence-corrected chi connectivity index (χ1v) is 8.01. The van der Waals surface area contributed by atoms with Crippen LogP contribution in [0.1, 0.15) is 52.2 Å². The van der Waals surface area contributed by atoms with Crippen molar-refractivity contribution >= 4 is 12.2 Å². The summed E-state index contributed by atoms with van der Waals surface area (Å²) in [4.78, 5) is 9.39. The fourth-order valence-electron chi connectivity index (χ4n) is 2.44. The second-order valence-electron chi connectivity index (χ2n) is 7.25. The van der Waals surface area contributed by atoms with Crippen LogP contribution in [0, 0.1) is 5.41 Å². The molecule has 24 heavy (non-hydrogen) atoms. The molecule has 1 aromatic rings. The average molecular weight is 345 g/mol. The molecule has 0 saturated heterocycles. The van der Waals surface area contributed by atoms with Crippen LogP contribution in [0.5, 0.6) is 0 Å². The second-order valence-corrected chi connectivity index (χ2v) is 7.25. The van der Waals surface area contributed by atoms with Gasteiger partial charge in [0, 0.05) is 11.7 Å². The number of anilines is 1. The Morgan fingerprint density at radius 1 is 1.25 bits per heavy atom. The molecule has 1 atom stereocenters. The van der Waals surface area contributed by atoms with Gasteiger partial charge in [0.2, 0.25) is 0 Å². The van der Waals surface area contributed by atoms with Crippen molar-refractivity contribution in [3.8, 4) is 0 Å². The summed E-state index contributed by atoms with van der Waals surface area (Å²) in [5.41, 5.74) is 1.16. The van der Waals surface area contributed by atoms with E-state index in [-0.39, 0.29) is 11.5 Å². The van der Waals surface area contributed by atoms with Crippen molar-refractivity contribution in [2.45, 2.75) is 65.8 Å². The molecular formula is C18H26F3NO2. The minimum Gasteiger partial charge on any atom is -0.465 e. The fourth-order valence-corrected chi connectivity index (χ4v) is 2.44. The van der Waals surface area contributed by atoms with Crippen molar-refractivity contribution in [3.05, 3.63) is 29.3 Å². The molecule has 3 nitrogen and oxygen atoms in total. The van der Waals surface area contributed by atoms with Gasteiger partial charge < -0.3 is 10.1 Å². The zero-order chi connectivity index (χ0) is 18.5. The Balaban J connectivity index is 0.000000413. The molecule has 1 heterocycles. The largest absolute Gasteiger partial charge is 0.465 e. The number of benzene rings is 1. The predicted molar refractivity (Wildman–Crippen MR) is 88.9 cm³/mol. The van der Waals surface area contributed by atoms with Crippen LogP contribution >= 0.6 is 0 Å². The van der Waals surface area contributed by atoms with E-state index in [4.69, 9.17) is 0 Å². The maximum Gasteiger partial charge on any atom is 0.416 e. The molecule has 1 aliphatic heterocycles. The highest BCUT2D eigenvalue weighted by atomic mass is 19.4.